The van der Waals surface area contributed by atoms with Crippen LogP contribution in [0.25, 0.3) is 0 Å². The predicted molar refractivity (Wildman–Crippen MR) is 70.8 cm³/mol. The van der Waals surface area contributed by atoms with E-state index < -0.39 is 15.8 Å². The standard InChI is InChI=1S/C12H15FN2O3S/c1-19(17,18)15-10-6-5-9(13)7-11(10)14-12(16)8-3-2-4-8/h5-8,15H,2-4H2,1H3,(H,14,16). The number of hydrogen-bond acceptors (Lipinski definition) is 3. The maximum atomic E-state index is 13.2. The van der Waals surface area contributed by atoms with E-state index in [4.69, 9.17) is 0 Å². The van der Waals surface area contributed by atoms with Crippen molar-refractivity contribution in [3.63, 3.8) is 0 Å². The molecular formula is C12H15FN2O3S. The second-order valence-electron chi connectivity index (χ2n) is 4.68. The highest BCUT2D eigenvalue weighted by molar-refractivity contribution is 7.92. The van der Waals surface area contributed by atoms with Crippen LogP contribution in [0.3, 0.4) is 0 Å². The molecular weight excluding hydrogens is 271 g/mol. The van der Waals surface area contributed by atoms with Gasteiger partial charge in [0.2, 0.25) is 15.9 Å². The van der Waals surface area contributed by atoms with Gasteiger partial charge in [-0.3, -0.25) is 9.52 Å². The van der Waals surface area contributed by atoms with Crippen LogP contribution in [0.4, 0.5) is 15.8 Å². The van der Waals surface area contributed by atoms with Gasteiger partial charge in [-0.2, -0.15) is 0 Å². The molecule has 1 saturated carbocycles. The average molecular weight is 286 g/mol. The SMILES string of the molecule is CS(=O)(=O)Nc1ccc(F)cc1NC(=O)C1CCC1. The molecule has 0 radical (unpaired) electrons. The van der Waals surface area contributed by atoms with E-state index in [1.54, 1.807) is 0 Å². The molecule has 0 bridgehead atoms. The number of nitrogens with one attached hydrogen (secondary N) is 2. The molecule has 1 amide bonds. The molecule has 1 aliphatic rings. The molecule has 0 heterocycles. The minimum absolute atomic E-state index is 0.0608. The number of rotatable bonds is 4. The van der Waals surface area contributed by atoms with Gasteiger partial charge in [0.15, 0.2) is 0 Å². The molecule has 0 saturated heterocycles. The number of carbonyl (C=O) groups excluding carboxylic acids is 1. The fourth-order valence-corrected chi connectivity index (χ4v) is 2.39. The molecule has 0 aromatic heterocycles. The third-order valence-corrected chi connectivity index (χ3v) is 3.60. The number of carbonyl (C=O) groups is 1. The van der Waals surface area contributed by atoms with Crippen LogP contribution in [0.15, 0.2) is 18.2 Å². The minimum atomic E-state index is -3.48. The first-order valence-electron chi connectivity index (χ1n) is 5.93. The summed E-state index contributed by atoms with van der Waals surface area (Å²) in [6.07, 6.45) is 3.63. The summed E-state index contributed by atoms with van der Waals surface area (Å²) in [5.74, 6) is -0.800. The molecule has 0 aliphatic heterocycles. The molecule has 2 N–H and O–H groups in total. The van der Waals surface area contributed by atoms with Crippen molar-refractivity contribution in [2.24, 2.45) is 5.92 Å². The second-order valence-corrected chi connectivity index (χ2v) is 6.43. The van der Waals surface area contributed by atoms with Gasteiger partial charge < -0.3 is 5.32 Å². The highest BCUT2D eigenvalue weighted by Crippen LogP contribution is 2.30. The van der Waals surface area contributed by atoms with E-state index in [0.717, 1.165) is 37.7 Å². The Bertz CT molecular complexity index is 597. The van der Waals surface area contributed by atoms with Gasteiger partial charge in [0.1, 0.15) is 5.82 Å². The van der Waals surface area contributed by atoms with Gasteiger partial charge in [-0.05, 0) is 31.0 Å². The number of halogens is 1. The van der Waals surface area contributed by atoms with Gasteiger partial charge in [-0.1, -0.05) is 6.42 Å². The highest BCUT2D eigenvalue weighted by Gasteiger charge is 2.26. The lowest BCUT2D eigenvalue weighted by Gasteiger charge is -2.24. The van der Waals surface area contributed by atoms with E-state index in [9.17, 15) is 17.6 Å². The molecule has 2 rings (SSSR count). The van der Waals surface area contributed by atoms with Crippen LogP contribution in [-0.2, 0) is 14.8 Å². The van der Waals surface area contributed by atoms with Crippen molar-refractivity contribution in [2.75, 3.05) is 16.3 Å². The monoisotopic (exact) mass is 286 g/mol. The number of amides is 1. The number of hydrogen-bond donors (Lipinski definition) is 2. The van der Waals surface area contributed by atoms with Gasteiger partial charge in [-0.15, -0.1) is 0 Å². The third-order valence-electron chi connectivity index (χ3n) is 3.01. The van der Waals surface area contributed by atoms with Crippen LogP contribution >= 0.6 is 0 Å². The summed E-state index contributed by atoms with van der Waals surface area (Å²) in [7, 11) is -3.48. The Morgan fingerprint density at radius 2 is 2.00 bits per heavy atom. The minimum Gasteiger partial charge on any atom is -0.324 e. The number of anilines is 2. The molecule has 1 aliphatic carbocycles. The summed E-state index contributed by atoms with van der Waals surface area (Å²) < 4.78 is 37.9. The van der Waals surface area contributed by atoms with Gasteiger partial charge in [0.25, 0.3) is 0 Å². The maximum Gasteiger partial charge on any atom is 0.229 e. The Balaban J connectivity index is 2.21. The first-order chi connectivity index (χ1) is 8.85. The Labute approximate surface area is 111 Å². The summed E-state index contributed by atoms with van der Waals surface area (Å²) >= 11 is 0. The summed E-state index contributed by atoms with van der Waals surface area (Å²) in [4.78, 5) is 11.8. The smallest absolute Gasteiger partial charge is 0.229 e. The molecule has 104 valence electrons. The first-order valence-corrected chi connectivity index (χ1v) is 7.82. The highest BCUT2D eigenvalue weighted by atomic mass is 32.2. The van der Waals surface area contributed by atoms with E-state index in [1.807, 2.05) is 0 Å². The Morgan fingerprint density at radius 1 is 1.32 bits per heavy atom. The lowest BCUT2D eigenvalue weighted by Crippen LogP contribution is -2.28. The molecule has 19 heavy (non-hydrogen) atoms. The van der Waals surface area contributed by atoms with Gasteiger partial charge >= 0.3 is 0 Å². The normalized spacial score (nSPS) is 15.7. The van der Waals surface area contributed by atoms with Crippen molar-refractivity contribution in [1.82, 2.24) is 0 Å². The zero-order valence-electron chi connectivity index (χ0n) is 10.4. The van der Waals surface area contributed by atoms with Crippen molar-refractivity contribution in [3.8, 4) is 0 Å². The van der Waals surface area contributed by atoms with Crippen molar-refractivity contribution in [1.29, 1.82) is 0 Å². The van der Waals surface area contributed by atoms with Gasteiger partial charge in [-0.25, -0.2) is 12.8 Å². The zero-order valence-corrected chi connectivity index (χ0v) is 11.3. The summed E-state index contributed by atoms with van der Waals surface area (Å²) in [5, 5.41) is 2.57. The molecule has 1 fully saturated rings. The average Bonchev–Trinajstić information content (AvgIpc) is 2.17. The fourth-order valence-electron chi connectivity index (χ4n) is 1.81. The van der Waals surface area contributed by atoms with E-state index >= 15 is 0 Å². The largest absolute Gasteiger partial charge is 0.324 e. The first kappa shape index (κ1) is 13.8. The van der Waals surface area contributed by atoms with Gasteiger partial charge in [0, 0.05) is 5.92 Å². The summed E-state index contributed by atoms with van der Waals surface area (Å²) in [5.41, 5.74) is 0.305. The summed E-state index contributed by atoms with van der Waals surface area (Å²) in [6.45, 7) is 0. The molecule has 5 nitrogen and oxygen atoms in total. The Morgan fingerprint density at radius 3 is 2.53 bits per heavy atom. The van der Waals surface area contributed by atoms with Crippen LogP contribution in [-0.4, -0.2) is 20.6 Å². The van der Waals surface area contributed by atoms with Crippen LogP contribution in [0.2, 0.25) is 0 Å². The zero-order chi connectivity index (χ0) is 14.0. The second kappa shape index (κ2) is 5.16. The lowest BCUT2D eigenvalue weighted by atomic mass is 9.85. The molecule has 1 aromatic carbocycles. The van der Waals surface area contributed by atoms with Crippen molar-refractivity contribution >= 4 is 27.3 Å². The van der Waals surface area contributed by atoms with Crippen molar-refractivity contribution in [3.05, 3.63) is 24.0 Å². The van der Waals surface area contributed by atoms with Crippen molar-refractivity contribution < 1.29 is 17.6 Å². The molecule has 1 aromatic rings. The van der Waals surface area contributed by atoms with Crippen LogP contribution in [0, 0.1) is 11.7 Å². The lowest BCUT2D eigenvalue weighted by molar-refractivity contribution is -0.122. The van der Waals surface area contributed by atoms with E-state index in [-0.39, 0.29) is 23.2 Å². The Hall–Kier alpha value is -1.63. The van der Waals surface area contributed by atoms with E-state index in [1.165, 1.54) is 6.07 Å². The van der Waals surface area contributed by atoms with Crippen LogP contribution in [0.1, 0.15) is 19.3 Å². The van der Waals surface area contributed by atoms with Crippen molar-refractivity contribution in [2.45, 2.75) is 19.3 Å². The topological polar surface area (TPSA) is 75.3 Å². The number of benzene rings is 1. The third kappa shape index (κ3) is 3.66. The Kier molecular flexibility index (Phi) is 3.75. The van der Waals surface area contributed by atoms with Gasteiger partial charge in [0.05, 0.1) is 17.6 Å². The maximum absolute atomic E-state index is 13.2. The molecule has 0 unspecified atom stereocenters. The molecule has 7 heteroatoms. The molecule has 0 spiro atoms. The fraction of sp³-hybridized carbons (Fsp3) is 0.417. The quantitative estimate of drug-likeness (QED) is 0.888. The van der Waals surface area contributed by atoms with Crippen LogP contribution in [0.5, 0.6) is 0 Å². The predicted octanol–water partition coefficient (Wildman–Crippen LogP) is 1.94. The number of sulfonamides is 1. The van der Waals surface area contributed by atoms with E-state index in [0.29, 0.717) is 0 Å². The molecule has 0 atom stereocenters. The summed E-state index contributed by atoms with van der Waals surface area (Å²) in [6, 6.07) is 3.52. The van der Waals surface area contributed by atoms with Crippen LogP contribution < -0.4 is 10.0 Å². The van der Waals surface area contributed by atoms with E-state index in [2.05, 4.69) is 10.0 Å².